The fourth-order valence-electron chi connectivity index (χ4n) is 2.59. The minimum Gasteiger partial charge on any atom is -0.311 e. The highest BCUT2D eigenvalue weighted by atomic mass is 32.1. The van der Waals surface area contributed by atoms with Gasteiger partial charge in [-0.2, -0.15) is 0 Å². The van der Waals surface area contributed by atoms with Gasteiger partial charge in [-0.15, -0.1) is 11.3 Å². The summed E-state index contributed by atoms with van der Waals surface area (Å²) in [7, 11) is 0. The smallest absolute Gasteiger partial charge is 0.0798 e. The molecule has 0 radical (unpaired) electrons. The van der Waals surface area contributed by atoms with Crippen LogP contribution in [0.5, 0.6) is 0 Å². The lowest BCUT2D eigenvalue weighted by molar-refractivity contribution is 0.139. The molecule has 2 heterocycles. The minimum absolute atomic E-state index is 0.614. The Bertz CT molecular complexity index is 386. The molecule has 0 spiro atoms. The van der Waals surface area contributed by atoms with Gasteiger partial charge in [0.25, 0.3) is 0 Å². The van der Waals surface area contributed by atoms with E-state index >= 15 is 0 Å². The van der Waals surface area contributed by atoms with E-state index in [9.17, 15) is 0 Å². The summed E-state index contributed by atoms with van der Waals surface area (Å²) in [6.45, 7) is 7.95. The number of aromatic nitrogens is 1. The Morgan fingerprint density at radius 3 is 3.06 bits per heavy atom. The molecule has 1 saturated carbocycles. The van der Waals surface area contributed by atoms with Crippen LogP contribution in [0.3, 0.4) is 0 Å². The van der Waals surface area contributed by atoms with Crippen molar-refractivity contribution in [2.24, 2.45) is 0 Å². The number of hydrogen-bond donors (Lipinski definition) is 1. The van der Waals surface area contributed by atoms with Gasteiger partial charge >= 0.3 is 0 Å². The highest BCUT2D eigenvalue weighted by Crippen LogP contribution is 2.42. The van der Waals surface area contributed by atoms with Crippen molar-refractivity contribution in [1.29, 1.82) is 0 Å². The van der Waals surface area contributed by atoms with E-state index in [2.05, 4.69) is 29.0 Å². The maximum atomic E-state index is 4.56. The van der Waals surface area contributed by atoms with Gasteiger partial charge in [0.05, 0.1) is 11.2 Å². The van der Waals surface area contributed by atoms with E-state index in [4.69, 9.17) is 0 Å². The van der Waals surface area contributed by atoms with Crippen molar-refractivity contribution < 1.29 is 0 Å². The van der Waals surface area contributed by atoms with Gasteiger partial charge < -0.3 is 5.32 Å². The maximum absolute atomic E-state index is 4.56. The third-order valence-corrected chi connectivity index (χ3v) is 4.71. The fraction of sp³-hybridized carbons (Fsp3) is 0.769. The molecule has 0 aromatic carbocycles. The van der Waals surface area contributed by atoms with Gasteiger partial charge in [0.1, 0.15) is 0 Å². The molecular formula is C13H21N3S. The van der Waals surface area contributed by atoms with Crippen molar-refractivity contribution in [3.8, 4) is 0 Å². The van der Waals surface area contributed by atoms with E-state index in [1.54, 1.807) is 0 Å². The van der Waals surface area contributed by atoms with Crippen LogP contribution in [0.1, 0.15) is 43.2 Å². The Morgan fingerprint density at radius 2 is 2.29 bits per heavy atom. The molecule has 0 bridgehead atoms. The molecule has 0 amide bonds. The second kappa shape index (κ2) is 4.67. The lowest BCUT2D eigenvalue weighted by Crippen LogP contribution is -2.53. The first-order valence-electron chi connectivity index (χ1n) is 6.63. The number of hydrogen-bond acceptors (Lipinski definition) is 4. The summed E-state index contributed by atoms with van der Waals surface area (Å²) >= 11 is 1.84. The van der Waals surface area contributed by atoms with Gasteiger partial charge in [-0.25, -0.2) is 4.98 Å². The zero-order valence-corrected chi connectivity index (χ0v) is 11.5. The van der Waals surface area contributed by atoms with Crippen LogP contribution >= 0.6 is 11.3 Å². The first-order chi connectivity index (χ1) is 8.24. The van der Waals surface area contributed by atoms with E-state index in [0.717, 1.165) is 25.6 Å². The van der Waals surface area contributed by atoms with Crippen LogP contribution in [0, 0.1) is 0 Å². The van der Waals surface area contributed by atoms with Crippen molar-refractivity contribution in [1.82, 2.24) is 15.2 Å². The standard InChI is InChI=1S/C13H21N3S/c1-9-6-16(10(2)5-14-9)7-12-13(11-3-4-11)15-8-17-12/h8-11,14H,3-7H2,1-2H3. The molecule has 4 heteroatoms. The largest absolute Gasteiger partial charge is 0.311 e. The number of thiazole rings is 1. The lowest BCUT2D eigenvalue weighted by atomic mass is 10.1. The highest BCUT2D eigenvalue weighted by molar-refractivity contribution is 7.09. The summed E-state index contributed by atoms with van der Waals surface area (Å²) in [6.07, 6.45) is 2.70. The molecule has 2 atom stereocenters. The predicted molar refractivity (Wildman–Crippen MR) is 71.4 cm³/mol. The Labute approximate surface area is 107 Å². The van der Waals surface area contributed by atoms with E-state index in [1.165, 1.54) is 23.4 Å². The average Bonchev–Trinajstić information content (AvgIpc) is 3.05. The molecule has 1 aromatic heterocycles. The van der Waals surface area contributed by atoms with Gasteiger partial charge in [0, 0.05) is 42.5 Å². The molecule has 17 heavy (non-hydrogen) atoms. The van der Waals surface area contributed by atoms with Crippen LogP contribution < -0.4 is 5.32 Å². The van der Waals surface area contributed by atoms with Crippen LogP contribution in [0.25, 0.3) is 0 Å². The molecule has 3 rings (SSSR count). The SMILES string of the molecule is CC1CN(Cc2scnc2C2CC2)C(C)CN1. The van der Waals surface area contributed by atoms with Gasteiger partial charge in [-0.3, -0.25) is 4.90 Å². The molecule has 94 valence electrons. The van der Waals surface area contributed by atoms with Crippen LogP contribution in [0.4, 0.5) is 0 Å². The highest BCUT2D eigenvalue weighted by Gasteiger charge is 2.30. The fourth-order valence-corrected chi connectivity index (χ4v) is 3.46. The molecule has 1 saturated heterocycles. The quantitative estimate of drug-likeness (QED) is 0.892. The maximum Gasteiger partial charge on any atom is 0.0798 e. The zero-order chi connectivity index (χ0) is 11.8. The number of nitrogens with zero attached hydrogens (tertiary/aromatic N) is 2. The molecule has 2 aliphatic rings. The van der Waals surface area contributed by atoms with Crippen molar-refractivity contribution in [2.75, 3.05) is 13.1 Å². The third kappa shape index (κ3) is 2.54. The number of rotatable bonds is 3. The van der Waals surface area contributed by atoms with Crippen LogP contribution in [-0.4, -0.2) is 35.1 Å². The predicted octanol–water partition coefficient (Wildman–Crippen LogP) is 2.20. The average molecular weight is 251 g/mol. The molecule has 2 unspecified atom stereocenters. The Balaban J connectivity index is 1.70. The molecule has 1 aliphatic heterocycles. The summed E-state index contributed by atoms with van der Waals surface area (Å²) in [6, 6.07) is 1.25. The lowest BCUT2D eigenvalue weighted by Gasteiger charge is -2.37. The molecule has 1 N–H and O–H groups in total. The topological polar surface area (TPSA) is 28.2 Å². The second-order valence-electron chi connectivity index (χ2n) is 5.52. The number of nitrogens with one attached hydrogen (secondary N) is 1. The van der Waals surface area contributed by atoms with Gasteiger partial charge in [0.2, 0.25) is 0 Å². The monoisotopic (exact) mass is 251 g/mol. The first kappa shape index (κ1) is 11.6. The van der Waals surface area contributed by atoms with Gasteiger partial charge in [-0.1, -0.05) is 0 Å². The summed E-state index contributed by atoms with van der Waals surface area (Å²) in [5, 5.41) is 3.54. The summed E-state index contributed by atoms with van der Waals surface area (Å²) in [5.41, 5.74) is 3.42. The van der Waals surface area contributed by atoms with Crippen LogP contribution in [0.2, 0.25) is 0 Å². The molecule has 2 fully saturated rings. The molecule has 1 aromatic rings. The van der Waals surface area contributed by atoms with Crippen molar-refractivity contribution in [3.63, 3.8) is 0 Å². The van der Waals surface area contributed by atoms with E-state index in [0.29, 0.717) is 12.1 Å². The van der Waals surface area contributed by atoms with Crippen molar-refractivity contribution in [2.45, 2.75) is 51.2 Å². The Kier molecular flexibility index (Phi) is 3.19. The molecule has 3 nitrogen and oxygen atoms in total. The molecule has 1 aliphatic carbocycles. The number of piperazine rings is 1. The zero-order valence-electron chi connectivity index (χ0n) is 10.6. The third-order valence-electron chi connectivity index (χ3n) is 3.88. The van der Waals surface area contributed by atoms with Gasteiger partial charge in [-0.05, 0) is 26.7 Å². The normalized spacial score (nSPS) is 30.7. The van der Waals surface area contributed by atoms with Crippen LogP contribution in [0.15, 0.2) is 5.51 Å². The van der Waals surface area contributed by atoms with E-state index in [1.807, 2.05) is 16.8 Å². The minimum atomic E-state index is 0.614. The molecular weight excluding hydrogens is 230 g/mol. The second-order valence-corrected chi connectivity index (χ2v) is 6.46. The van der Waals surface area contributed by atoms with E-state index in [-0.39, 0.29) is 0 Å². The van der Waals surface area contributed by atoms with Crippen molar-refractivity contribution >= 4 is 11.3 Å². The summed E-state index contributed by atoms with van der Waals surface area (Å²) in [4.78, 5) is 8.67. The van der Waals surface area contributed by atoms with Gasteiger partial charge in [0.15, 0.2) is 0 Å². The Morgan fingerprint density at radius 1 is 1.47 bits per heavy atom. The van der Waals surface area contributed by atoms with Crippen LogP contribution in [-0.2, 0) is 6.54 Å². The van der Waals surface area contributed by atoms with E-state index < -0.39 is 0 Å². The van der Waals surface area contributed by atoms with Crippen molar-refractivity contribution in [3.05, 3.63) is 16.1 Å². The summed E-state index contributed by atoms with van der Waals surface area (Å²) in [5.74, 6) is 0.784. The summed E-state index contributed by atoms with van der Waals surface area (Å²) < 4.78 is 0. The first-order valence-corrected chi connectivity index (χ1v) is 7.51. The Hall–Kier alpha value is -0.450.